The summed E-state index contributed by atoms with van der Waals surface area (Å²) in [5.41, 5.74) is 2.62. The Hall–Kier alpha value is -2.88. The summed E-state index contributed by atoms with van der Waals surface area (Å²) >= 11 is 0. The van der Waals surface area contributed by atoms with Gasteiger partial charge in [0.15, 0.2) is 0 Å². The molecule has 1 amide bonds. The number of hydrogen-bond acceptors (Lipinski definition) is 2. The van der Waals surface area contributed by atoms with Crippen LogP contribution in [0.3, 0.4) is 0 Å². The van der Waals surface area contributed by atoms with Crippen LogP contribution in [0.1, 0.15) is 37.8 Å². The first-order valence-corrected chi connectivity index (χ1v) is 9.39. The fourth-order valence-corrected chi connectivity index (χ4v) is 3.26. The lowest BCUT2D eigenvalue weighted by atomic mass is 9.80. The van der Waals surface area contributed by atoms with Gasteiger partial charge in [-0.05, 0) is 41.3 Å². The Morgan fingerprint density at radius 2 is 1.74 bits per heavy atom. The minimum atomic E-state index is -0.0897. The van der Waals surface area contributed by atoms with Gasteiger partial charge in [-0.15, -0.1) is 0 Å². The van der Waals surface area contributed by atoms with Crippen molar-refractivity contribution < 1.29 is 4.79 Å². The Kier molecular flexibility index (Phi) is 5.75. The molecule has 0 saturated heterocycles. The second kappa shape index (κ2) is 8.21. The van der Waals surface area contributed by atoms with Crippen molar-refractivity contribution in [3.8, 4) is 0 Å². The molecule has 0 unspecified atom stereocenters. The van der Waals surface area contributed by atoms with Crippen LogP contribution in [0, 0.1) is 0 Å². The van der Waals surface area contributed by atoms with Gasteiger partial charge in [-0.2, -0.15) is 0 Å². The predicted octanol–water partition coefficient (Wildman–Crippen LogP) is 3.94. The zero-order chi connectivity index (χ0) is 19.3. The highest BCUT2D eigenvalue weighted by Gasteiger charge is 2.21. The Labute approximate surface area is 159 Å². The van der Waals surface area contributed by atoms with Gasteiger partial charge in [0.05, 0.1) is 0 Å². The van der Waals surface area contributed by atoms with Crippen LogP contribution in [0.5, 0.6) is 0 Å². The number of para-hydroxylation sites is 1. The van der Waals surface area contributed by atoms with Gasteiger partial charge in [-0.1, -0.05) is 62.4 Å². The highest BCUT2D eigenvalue weighted by atomic mass is 16.1. The van der Waals surface area contributed by atoms with Gasteiger partial charge >= 0.3 is 0 Å². The third-order valence-corrected chi connectivity index (χ3v) is 5.08. The molecule has 3 rings (SSSR count). The quantitative estimate of drug-likeness (QED) is 0.669. The van der Waals surface area contributed by atoms with Gasteiger partial charge in [-0.3, -0.25) is 9.59 Å². The van der Waals surface area contributed by atoms with Crippen molar-refractivity contribution in [3.05, 3.63) is 82.1 Å². The van der Waals surface area contributed by atoms with Crippen LogP contribution in [-0.4, -0.2) is 17.4 Å². The molecule has 27 heavy (non-hydrogen) atoms. The molecule has 0 atom stereocenters. The van der Waals surface area contributed by atoms with Gasteiger partial charge in [-0.25, -0.2) is 0 Å². The summed E-state index contributed by atoms with van der Waals surface area (Å²) in [6, 6.07) is 19.9. The van der Waals surface area contributed by atoms with Crippen LogP contribution in [0.4, 0.5) is 0 Å². The summed E-state index contributed by atoms with van der Waals surface area (Å²) < 4.78 is 0. The number of aromatic nitrogens is 1. The monoisotopic (exact) mass is 362 g/mol. The number of rotatable bonds is 7. The molecule has 1 heterocycles. The smallest absolute Gasteiger partial charge is 0.251 e. The number of benzene rings is 2. The molecule has 0 saturated carbocycles. The Balaban J connectivity index is 1.51. The Bertz CT molecular complexity index is 974. The average Bonchev–Trinajstić information content (AvgIpc) is 2.67. The van der Waals surface area contributed by atoms with Crippen LogP contribution in [0.25, 0.3) is 10.9 Å². The van der Waals surface area contributed by atoms with E-state index >= 15 is 0 Å². The molecular formula is C23H26N2O2. The standard InChI is InChI=1S/C23H26N2O2/c1-23(2,19-9-4-3-5-10-19)14-12-21(26)24-15-13-18-16-17-8-6-7-11-20(17)25-22(18)27/h3-11,16H,12-15H2,1-2H3,(H,24,26)(H,25,27). The van der Waals surface area contributed by atoms with Gasteiger partial charge in [0, 0.05) is 24.0 Å². The molecule has 0 fully saturated rings. The van der Waals surface area contributed by atoms with E-state index in [1.54, 1.807) is 0 Å². The Morgan fingerprint density at radius 1 is 1.04 bits per heavy atom. The number of carbonyl (C=O) groups is 1. The third kappa shape index (κ3) is 4.85. The summed E-state index contributed by atoms with van der Waals surface area (Å²) in [5, 5.41) is 3.94. The minimum Gasteiger partial charge on any atom is -0.356 e. The fourth-order valence-electron chi connectivity index (χ4n) is 3.26. The number of amides is 1. The van der Waals surface area contributed by atoms with Gasteiger partial charge in [0.1, 0.15) is 0 Å². The maximum atomic E-state index is 12.2. The molecular weight excluding hydrogens is 336 g/mol. The van der Waals surface area contributed by atoms with Crippen molar-refractivity contribution in [2.75, 3.05) is 6.54 Å². The van der Waals surface area contributed by atoms with Crippen LogP contribution >= 0.6 is 0 Å². The molecule has 2 N–H and O–H groups in total. The van der Waals surface area contributed by atoms with Gasteiger partial charge in [0.2, 0.25) is 5.91 Å². The van der Waals surface area contributed by atoms with Crippen LogP contribution in [0.15, 0.2) is 65.5 Å². The van der Waals surface area contributed by atoms with Crippen LogP contribution in [-0.2, 0) is 16.6 Å². The molecule has 0 aliphatic rings. The largest absolute Gasteiger partial charge is 0.356 e. The topological polar surface area (TPSA) is 62.0 Å². The summed E-state index contributed by atoms with van der Waals surface area (Å²) in [6.45, 7) is 4.78. The first-order valence-electron chi connectivity index (χ1n) is 9.39. The first kappa shape index (κ1) is 18.9. The molecule has 2 aromatic carbocycles. The van der Waals surface area contributed by atoms with Crippen LogP contribution < -0.4 is 10.9 Å². The lowest BCUT2D eigenvalue weighted by molar-refractivity contribution is -0.121. The second-order valence-corrected chi connectivity index (χ2v) is 7.56. The van der Waals surface area contributed by atoms with E-state index in [4.69, 9.17) is 0 Å². The third-order valence-electron chi connectivity index (χ3n) is 5.08. The number of carbonyl (C=O) groups excluding carboxylic acids is 1. The van der Waals surface area contributed by atoms with E-state index < -0.39 is 0 Å². The molecule has 4 heteroatoms. The second-order valence-electron chi connectivity index (χ2n) is 7.56. The fraction of sp³-hybridized carbons (Fsp3) is 0.304. The molecule has 1 aromatic heterocycles. The Morgan fingerprint density at radius 3 is 2.52 bits per heavy atom. The van der Waals surface area contributed by atoms with Crippen molar-refractivity contribution in [1.29, 1.82) is 0 Å². The summed E-state index contributed by atoms with van der Waals surface area (Å²) in [7, 11) is 0. The summed E-state index contributed by atoms with van der Waals surface area (Å²) in [6.07, 6.45) is 1.77. The van der Waals surface area contributed by atoms with Crippen molar-refractivity contribution in [2.45, 2.75) is 38.5 Å². The number of nitrogens with one attached hydrogen (secondary N) is 2. The zero-order valence-electron chi connectivity index (χ0n) is 15.9. The van der Waals surface area contributed by atoms with E-state index in [-0.39, 0.29) is 16.9 Å². The molecule has 4 nitrogen and oxygen atoms in total. The van der Waals surface area contributed by atoms with E-state index in [9.17, 15) is 9.59 Å². The van der Waals surface area contributed by atoms with Crippen LogP contribution in [0.2, 0.25) is 0 Å². The van der Waals surface area contributed by atoms with E-state index in [1.807, 2.05) is 48.5 Å². The van der Waals surface area contributed by atoms with E-state index in [1.165, 1.54) is 5.56 Å². The van der Waals surface area contributed by atoms with Crippen molar-refractivity contribution in [1.82, 2.24) is 10.3 Å². The van der Waals surface area contributed by atoms with Crippen molar-refractivity contribution in [2.24, 2.45) is 0 Å². The number of aromatic amines is 1. The normalized spacial score (nSPS) is 11.5. The van der Waals surface area contributed by atoms with E-state index in [2.05, 4.69) is 36.3 Å². The molecule has 0 aliphatic carbocycles. The van der Waals surface area contributed by atoms with Gasteiger partial charge < -0.3 is 10.3 Å². The molecule has 3 aromatic rings. The maximum absolute atomic E-state index is 12.2. The zero-order valence-corrected chi connectivity index (χ0v) is 15.9. The number of pyridine rings is 1. The highest BCUT2D eigenvalue weighted by molar-refractivity contribution is 5.79. The van der Waals surface area contributed by atoms with E-state index in [0.717, 1.165) is 17.3 Å². The molecule has 0 bridgehead atoms. The van der Waals surface area contributed by atoms with Crippen molar-refractivity contribution in [3.63, 3.8) is 0 Å². The van der Waals surface area contributed by atoms with E-state index in [0.29, 0.717) is 24.9 Å². The SMILES string of the molecule is CC(C)(CCC(=O)NCCc1cc2ccccc2[nH]c1=O)c1ccccc1. The predicted molar refractivity (Wildman–Crippen MR) is 110 cm³/mol. The van der Waals surface area contributed by atoms with Gasteiger partial charge in [0.25, 0.3) is 5.56 Å². The molecule has 0 radical (unpaired) electrons. The first-order chi connectivity index (χ1) is 13.0. The lowest BCUT2D eigenvalue weighted by Gasteiger charge is -2.25. The number of fused-ring (bicyclic) bond motifs is 1. The minimum absolute atomic E-state index is 0.0243. The molecule has 140 valence electrons. The van der Waals surface area contributed by atoms with Crippen molar-refractivity contribution >= 4 is 16.8 Å². The molecule has 0 aliphatic heterocycles. The lowest BCUT2D eigenvalue weighted by Crippen LogP contribution is -2.29. The summed E-state index contributed by atoms with van der Waals surface area (Å²) in [5.74, 6) is 0.0243. The number of hydrogen-bond donors (Lipinski definition) is 2. The highest BCUT2D eigenvalue weighted by Crippen LogP contribution is 2.27. The molecule has 0 spiro atoms. The maximum Gasteiger partial charge on any atom is 0.251 e. The number of H-pyrrole nitrogens is 1. The summed E-state index contributed by atoms with van der Waals surface area (Å²) in [4.78, 5) is 27.3. The average molecular weight is 362 g/mol.